The van der Waals surface area contributed by atoms with Gasteiger partial charge in [0.15, 0.2) is 5.65 Å². The number of rotatable bonds is 5. The van der Waals surface area contributed by atoms with E-state index in [9.17, 15) is 9.59 Å². The van der Waals surface area contributed by atoms with E-state index in [4.69, 9.17) is 21.7 Å². The summed E-state index contributed by atoms with van der Waals surface area (Å²) in [7, 11) is 0. The monoisotopic (exact) mass is 505 g/mol. The Hall–Kier alpha value is -4.75. The first-order valence-electron chi connectivity index (χ1n) is 11.7. The first-order valence-corrected chi connectivity index (χ1v) is 12.0. The van der Waals surface area contributed by atoms with Gasteiger partial charge in [0, 0.05) is 32.6 Å². The molecule has 0 radical (unpaired) electrons. The van der Waals surface area contributed by atoms with Gasteiger partial charge < -0.3 is 10.6 Å². The maximum atomic E-state index is 12.5. The SMILES string of the molecule is O=C(CNC(=O)c1ccccc1)Nc1ccc2c(c1)nc1c3ccccc3c(-c3ccc(Cl)cc3)nn21. The molecule has 180 valence electrons. The fraction of sp³-hybridized carbons (Fsp3) is 0.0345. The van der Waals surface area contributed by atoms with Crippen molar-refractivity contribution in [3.8, 4) is 11.3 Å². The predicted octanol–water partition coefficient (Wildman–Crippen LogP) is 5.72. The molecule has 2 heterocycles. The van der Waals surface area contributed by atoms with Gasteiger partial charge in [0.1, 0.15) is 0 Å². The summed E-state index contributed by atoms with van der Waals surface area (Å²) in [6.07, 6.45) is 0. The second-order valence-corrected chi connectivity index (χ2v) is 8.99. The van der Waals surface area contributed by atoms with E-state index < -0.39 is 0 Å². The van der Waals surface area contributed by atoms with E-state index in [0.29, 0.717) is 21.8 Å². The number of aromatic nitrogens is 3. The van der Waals surface area contributed by atoms with Crippen LogP contribution in [0.15, 0.2) is 97.1 Å². The number of hydrogen-bond acceptors (Lipinski definition) is 4. The molecule has 0 aliphatic carbocycles. The van der Waals surface area contributed by atoms with E-state index in [1.807, 2.05) is 65.2 Å². The molecule has 2 N–H and O–H groups in total. The number of hydrogen-bond donors (Lipinski definition) is 2. The largest absolute Gasteiger partial charge is 0.343 e. The standard InChI is InChI=1S/C29H20ClN5O2/c30-20-12-10-18(11-13-20)27-22-8-4-5-9-23(22)28-33-24-16-21(14-15-25(24)35(28)34-27)32-26(36)17-31-29(37)19-6-2-1-3-7-19/h1-16H,17H2,(H,31,37)(H,32,36). The Morgan fingerprint density at radius 3 is 2.35 bits per heavy atom. The van der Waals surface area contributed by atoms with E-state index in [1.54, 1.807) is 36.4 Å². The number of benzene rings is 4. The van der Waals surface area contributed by atoms with Crippen LogP contribution in [-0.4, -0.2) is 33.0 Å². The molecule has 7 nitrogen and oxygen atoms in total. The number of nitrogens with one attached hydrogen (secondary N) is 2. The molecular weight excluding hydrogens is 486 g/mol. The Balaban J connectivity index is 1.32. The lowest BCUT2D eigenvalue weighted by Gasteiger charge is -2.09. The van der Waals surface area contributed by atoms with E-state index >= 15 is 0 Å². The van der Waals surface area contributed by atoms with Crippen LogP contribution < -0.4 is 10.6 Å². The molecule has 4 aromatic carbocycles. The van der Waals surface area contributed by atoms with Gasteiger partial charge in [-0.3, -0.25) is 9.59 Å². The van der Waals surface area contributed by atoms with Crippen LogP contribution in [0.2, 0.25) is 5.02 Å². The molecular formula is C29H20ClN5O2. The van der Waals surface area contributed by atoms with E-state index in [1.165, 1.54) is 0 Å². The van der Waals surface area contributed by atoms with Gasteiger partial charge in [-0.25, -0.2) is 9.50 Å². The predicted molar refractivity (Wildman–Crippen MR) is 146 cm³/mol. The molecule has 6 rings (SSSR count). The molecule has 8 heteroatoms. The summed E-state index contributed by atoms with van der Waals surface area (Å²) >= 11 is 6.10. The summed E-state index contributed by atoms with van der Waals surface area (Å²) in [6.45, 7) is -0.145. The van der Waals surface area contributed by atoms with Crippen LogP contribution in [0.4, 0.5) is 5.69 Å². The lowest BCUT2D eigenvalue weighted by Crippen LogP contribution is -2.32. The third kappa shape index (κ3) is 4.37. The topological polar surface area (TPSA) is 88.4 Å². The number of imidazole rings is 1. The average molecular weight is 506 g/mol. The van der Waals surface area contributed by atoms with Crippen LogP contribution in [0.25, 0.3) is 38.7 Å². The van der Waals surface area contributed by atoms with Crippen LogP contribution in [-0.2, 0) is 4.79 Å². The fourth-order valence-electron chi connectivity index (χ4n) is 4.34. The quantitative estimate of drug-likeness (QED) is 0.313. The molecule has 0 bridgehead atoms. The van der Waals surface area contributed by atoms with Crippen LogP contribution in [0.5, 0.6) is 0 Å². The van der Waals surface area contributed by atoms with Crippen molar-refractivity contribution in [3.63, 3.8) is 0 Å². The summed E-state index contributed by atoms with van der Waals surface area (Å²) in [4.78, 5) is 29.5. The van der Waals surface area contributed by atoms with Gasteiger partial charge in [0.25, 0.3) is 5.91 Å². The highest BCUT2D eigenvalue weighted by Crippen LogP contribution is 2.32. The summed E-state index contributed by atoms with van der Waals surface area (Å²) < 4.78 is 1.83. The average Bonchev–Trinajstić information content (AvgIpc) is 3.30. The van der Waals surface area contributed by atoms with Crippen molar-refractivity contribution >= 4 is 56.6 Å². The zero-order valence-corrected chi connectivity index (χ0v) is 20.2. The maximum absolute atomic E-state index is 12.5. The van der Waals surface area contributed by atoms with Crippen molar-refractivity contribution in [2.75, 3.05) is 11.9 Å². The zero-order valence-electron chi connectivity index (χ0n) is 19.5. The summed E-state index contributed by atoms with van der Waals surface area (Å²) in [5, 5.41) is 13.0. The van der Waals surface area contributed by atoms with Gasteiger partial charge in [-0.05, 0) is 42.5 Å². The minimum absolute atomic E-state index is 0.145. The normalized spacial score (nSPS) is 11.2. The molecule has 37 heavy (non-hydrogen) atoms. The number of carbonyl (C=O) groups is 2. The number of amides is 2. The number of carbonyl (C=O) groups excluding carboxylic acids is 2. The summed E-state index contributed by atoms with van der Waals surface area (Å²) in [6, 6.07) is 29.8. The number of nitrogens with zero attached hydrogens (tertiary/aromatic N) is 3. The third-order valence-corrected chi connectivity index (χ3v) is 6.35. The van der Waals surface area contributed by atoms with E-state index in [0.717, 1.165) is 33.2 Å². The van der Waals surface area contributed by atoms with Gasteiger partial charge in [-0.1, -0.05) is 66.2 Å². The highest BCUT2D eigenvalue weighted by atomic mass is 35.5. The Bertz CT molecular complexity index is 1800. The van der Waals surface area contributed by atoms with E-state index in [-0.39, 0.29) is 18.4 Å². The molecule has 0 saturated heterocycles. The van der Waals surface area contributed by atoms with Crippen LogP contribution in [0.1, 0.15) is 10.4 Å². The van der Waals surface area contributed by atoms with Gasteiger partial charge in [-0.2, -0.15) is 5.10 Å². The van der Waals surface area contributed by atoms with Gasteiger partial charge >= 0.3 is 0 Å². The molecule has 2 amide bonds. The Kier molecular flexibility index (Phi) is 5.75. The van der Waals surface area contributed by atoms with Gasteiger partial charge in [0.05, 0.1) is 23.3 Å². The first-order chi connectivity index (χ1) is 18.1. The summed E-state index contributed by atoms with van der Waals surface area (Å²) in [5.74, 6) is -0.637. The Labute approximate surface area is 216 Å². The molecule has 0 aliphatic rings. The zero-order chi connectivity index (χ0) is 25.4. The number of halogens is 1. The smallest absolute Gasteiger partial charge is 0.251 e. The number of fused-ring (bicyclic) bond motifs is 5. The number of anilines is 1. The van der Waals surface area contributed by atoms with Crippen LogP contribution in [0, 0.1) is 0 Å². The maximum Gasteiger partial charge on any atom is 0.251 e. The molecule has 0 atom stereocenters. The lowest BCUT2D eigenvalue weighted by molar-refractivity contribution is -0.115. The minimum Gasteiger partial charge on any atom is -0.343 e. The van der Waals surface area contributed by atoms with Crippen molar-refractivity contribution < 1.29 is 9.59 Å². The van der Waals surface area contributed by atoms with Crippen molar-refractivity contribution in [1.29, 1.82) is 0 Å². The third-order valence-electron chi connectivity index (χ3n) is 6.10. The Morgan fingerprint density at radius 1 is 0.838 bits per heavy atom. The van der Waals surface area contributed by atoms with Gasteiger partial charge in [-0.15, -0.1) is 0 Å². The molecule has 0 unspecified atom stereocenters. The van der Waals surface area contributed by atoms with E-state index in [2.05, 4.69) is 10.6 Å². The molecule has 6 aromatic rings. The minimum atomic E-state index is -0.332. The highest BCUT2D eigenvalue weighted by Gasteiger charge is 2.15. The molecule has 0 fully saturated rings. The van der Waals surface area contributed by atoms with Crippen LogP contribution in [0.3, 0.4) is 0 Å². The molecule has 0 aliphatic heterocycles. The molecule has 0 saturated carbocycles. The van der Waals surface area contributed by atoms with Gasteiger partial charge in [0.2, 0.25) is 5.91 Å². The molecule has 0 spiro atoms. The van der Waals surface area contributed by atoms with Crippen molar-refractivity contribution in [1.82, 2.24) is 19.9 Å². The lowest BCUT2D eigenvalue weighted by atomic mass is 10.1. The van der Waals surface area contributed by atoms with Crippen molar-refractivity contribution in [3.05, 3.63) is 108 Å². The summed E-state index contributed by atoms with van der Waals surface area (Å²) in [5.41, 5.74) is 5.08. The van der Waals surface area contributed by atoms with Crippen LogP contribution >= 0.6 is 11.6 Å². The Morgan fingerprint density at radius 2 is 1.57 bits per heavy atom. The highest BCUT2D eigenvalue weighted by molar-refractivity contribution is 6.30. The molecule has 2 aromatic heterocycles. The second kappa shape index (κ2) is 9.37. The van der Waals surface area contributed by atoms with Crippen molar-refractivity contribution in [2.24, 2.45) is 0 Å². The second-order valence-electron chi connectivity index (χ2n) is 8.55. The fourth-order valence-corrected chi connectivity index (χ4v) is 4.46. The first kappa shape index (κ1) is 22.7. The van der Waals surface area contributed by atoms with Crippen molar-refractivity contribution in [2.45, 2.75) is 0 Å².